The van der Waals surface area contributed by atoms with E-state index in [1.807, 2.05) is 6.20 Å². The molecule has 0 atom stereocenters. The largest absolute Gasteiger partial charge is 0.457 e. The lowest BCUT2D eigenvalue weighted by molar-refractivity contribution is 0.479. The molecule has 8 aromatic rings. The van der Waals surface area contributed by atoms with Crippen LogP contribution in [0.4, 0.5) is 0 Å². The fourth-order valence-corrected chi connectivity index (χ4v) is 6.45. The number of rotatable bonds is 3. The first-order chi connectivity index (χ1) is 21.1. The number of nitrogens with zero attached hydrogens (tertiary/aromatic N) is 4. The van der Waals surface area contributed by atoms with Crippen molar-refractivity contribution in [3.05, 3.63) is 109 Å². The molecule has 216 valence electrons. The van der Waals surface area contributed by atoms with Crippen LogP contribution in [0.1, 0.15) is 52.7 Å². The zero-order valence-corrected chi connectivity index (χ0v) is 25.9. The second-order valence-electron chi connectivity index (χ2n) is 13.9. The van der Waals surface area contributed by atoms with E-state index in [1.165, 1.54) is 27.4 Å². The standard InChI is InChI=1S/C39H34N4O/c1-38(2,3)24-15-16-40-32(20-24)23-17-25(39(4,5)6)19-27(18-23)44-26-11-14-34-30(21-26)36-35-31(41-22-42-36)13-12-29-28-9-7-8-10-33(28)43(34)37(29)35/h7-22H,1-6H3. The molecular weight excluding hydrogens is 540 g/mol. The van der Waals surface area contributed by atoms with Gasteiger partial charge in [0.1, 0.15) is 17.8 Å². The second-order valence-corrected chi connectivity index (χ2v) is 13.9. The van der Waals surface area contributed by atoms with Gasteiger partial charge >= 0.3 is 0 Å². The number of pyridine rings is 2. The van der Waals surface area contributed by atoms with Crippen molar-refractivity contribution in [2.24, 2.45) is 0 Å². The first kappa shape index (κ1) is 26.6. The molecule has 0 radical (unpaired) electrons. The van der Waals surface area contributed by atoms with E-state index in [-0.39, 0.29) is 10.8 Å². The average molecular weight is 575 g/mol. The van der Waals surface area contributed by atoms with Gasteiger partial charge in [-0.3, -0.25) is 4.98 Å². The predicted molar refractivity (Wildman–Crippen MR) is 181 cm³/mol. The summed E-state index contributed by atoms with van der Waals surface area (Å²) in [5, 5.41) is 4.55. The summed E-state index contributed by atoms with van der Waals surface area (Å²) in [6.07, 6.45) is 3.57. The van der Waals surface area contributed by atoms with Crippen molar-refractivity contribution in [3.8, 4) is 22.8 Å². The van der Waals surface area contributed by atoms with E-state index >= 15 is 0 Å². The van der Waals surface area contributed by atoms with Gasteiger partial charge in [-0.25, -0.2) is 9.97 Å². The van der Waals surface area contributed by atoms with Crippen molar-refractivity contribution in [1.82, 2.24) is 19.4 Å². The summed E-state index contributed by atoms with van der Waals surface area (Å²) in [7, 11) is 0. The lowest BCUT2D eigenvalue weighted by atomic mass is 9.84. The average Bonchev–Trinajstić information content (AvgIpc) is 3.35. The molecule has 8 rings (SSSR count). The molecule has 0 bridgehead atoms. The number of para-hydroxylation sites is 1. The Kier molecular flexibility index (Phi) is 5.58. The molecule has 0 saturated carbocycles. The topological polar surface area (TPSA) is 52.3 Å². The molecule has 0 amide bonds. The van der Waals surface area contributed by atoms with Gasteiger partial charge < -0.3 is 9.14 Å². The summed E-state index contributed by atoms with van der Waals surface area (Å²) < 4.78 is 9.04. The Hall–Kier alpha value is -5.03. The molecule has 5 heteroatoms. The third-order valence-corrected chi connectivity index (χ3v) is 8.83. The quantitative estimate of drug-likeness (QED) is 0.156. The van der Waals surface area contributed by atoms with Gasteiger partial charge in [-0.15, -0.1) is 0 Å². The van der Waals surface area contributed by atoms with Crippen LogP contribution in [0.15, 0.2) is 97.5 Å². The number of hydrogen-bond acceptors (Lipinski definition) is 4. The minimum absolute atomic E-state index is 0.0312. The monoisotopic (exact) mass is 574 g/mol. The van der Waals surface area contributed by atoms with E-state index in [2.05, 4.69) is 136 Å². The normalized spacial score (nSPS) is 12.8. The number of ether oxygens (including phenoxy) is 1. The summed E-state index contributed by atoms with van der Waals surface area (Å²) in [5.74, 6) is 1.55. The minimum Gasteiger partial charge on any atom is -0.457 e. The maximum absolute atomic E-state index is 6.69. The first-order valence-electron chi connectivity index (χ1n) is 15.2. The maximum atomic E-state index is 6.69. The van der Waals surface area contributed by atoms with E-state index in [0.717, 1.165) is 55.6 Å². The highest BCUT2D eigenvalue weighted by molar-refractivity contribution is 6.26. The van der Waals surface area contributed by atoms with Gasteiger partial charge in [-0.1, -0.05) is 59.7 Å². The molecule has 0 fully saturated rings. The molecule has 0 aliphatic rings. The fraction of sp³-hybridized carbons (Fsp3) is 0.205. The highest BCUT2D eigenvalue weighted by Gasteiger charge is 2.21. The van der Waals surface area contributed by atoms with E-state index < -0.39 is 0 Å². The molecule has 0 aliphatic carbocycles. The molecule has 0 spiro atoms. The van der Waals surface area contributed by atoms with Crippen molar-refractivity contribution in [1.29, 1.82) is 0 Å². The highest BCUT2D eigenvalue weighted by Crippen LogP contribution is 2.41. The van der Waals surface area contributed by atoms with Gasteiger partial charge in [0.2, 0.25) is 0 Å². The molecule has 0 aliphatic heterocycles. The van der Waals surface area contributed by atoms with Crippen LogP contribution >= 0.6 is 0 Å². The summed E-state index contributed by atoms with van der Waals surface area (Å²) >= 11 is 0. The Morgan fingerprint density at radius 2 is 1.41 bits per heavy atom. The molecule has 0 unspecified atom stereocenters. The van der Waals surface area contributed by atoms with Crippen LogP contribution in [0, 0.1) is 0 Å². The van der Waals surface area contributed by atoms with Crippen LogP contribution < -0.4 is 4.74 Å². The number of benzene rings is 4. The molecule has 4 aromatic heterocycles. The van der Waals surface area contributed by atoms with Gasteiger partial charge in [-0.05, 0) is 88.7 Å². The van der Waals surface area contributed by atoms with Gasteiger partial charge in [0, 0.05) is 27.9 Å². The molecular formula is C39H34N4O. The Morgan fingerprint density at radius 1 is 0.614 bits per heavy atom. The zero-order chi connectivity index (χ0) is 30.4. The molecule has 4 aromatic carbocycles. The first-order valence-corrected chi connectivity index (χ1v) is 15.2. The lowest BCUT2D eigenvalue weighted by Crippen LogP contribution is -2.12. The summed E-state index contributed by atoms with van der Waals surface area (Å²) in [6.45, 7) is 13.4. The lowest BCUT2D eigenvalue weighted by Gasteiger charge is -2.22. The van der Waals surface area contributed by atoms with Crippen LogP contribution in [-0.4, -0.2) is 19.4 Å². The molecule has 0 saturated heterocycles. The van der Waals surface area contributed by atoms with Gasteiger partial charge in [0.05, 0.1) is 38.7 Å². The number of fused-ring (bicyclic) bond motifs is 6. The molecule has 0 N–H and O–H groups in total. The SMILES string of the molecule is CC(C)(C)c1cc(Oc2ccc3c(c2)c2ncnc4ccc5c6ccccc6n3c5c42)cc(-c2cc(C(C)(C)C)ccn2)c1. The summed E-state index contributed by atoms with van der Waals surface area (Å²) in [6, 6.07) is 30.0. The maximum Gasteiger partial charge on any atom is 0.128 e. The Labute approximate surface area is 256 Å². The van der Waals surface area contributed by atoms with Gasteiger partial charge in [0.15, 0.2) is 0 Å². The Bertz CT molecular complexity index is 2390. The van der Waals surface area contributed by atoms with Crippen LogP contribution in [0.25, 0.3) is 60.4 Å². The van der Waals surface area contributed by atoms with E-state index in [9.17, 15) is 0 Å². The van der Waals surface area contributed by atoms with E-state index in [1.54, 1.807) is 6.33 Å². The van der Waals surface area contributed by atoms with Crippen LogP contribution in [0.5, 0.6) is 11.5 Å². The number of aromatic nitrogens is 4. The molecule has 5 nitrogen and oxygen atoms in total. The third kappa shape index (κ3) is 4.10. The van der Waals surface area contributed by atoms with Crippen molar-refractivity contribution in [2.45, 2.75) is 52.4 Å². The van der Waals surface area contributed by atoms with Gasteiger partial charge in [-0.2, -0.15) is 0 Å². The number of hydrogen-bond donors (Lipinski definition) is 0. The Morgan fingerprint density at radius 3 is 2.23 bits per heavy atom. The minimum atomic E-state index is -0.0667. The van der Waals surface area contributed by atoms with E-state index in [4.69, 9.17) is 14.7 Å². The van der Waals surface area contributed by atoms with Crippen LogP contribution in [0.3, 0.4) is 0 Å². The second kappa shape index (κ2) is 9.23. The zero-order valence-electron chi connectivity index (χ0n) is 25.9. The highest BCUT2D eigenvalue weighted by atomic mass is 16.5. The van der Waals surface area contributed by atoms with Gasteiger partial charge in [0.25, 0.3) is 0 Å². The molecule has 44 heavy (non-hydrogen) atoms. The predicted octanol–water partition coefficient (Wildman–Crippen LogP) is 10.2. The Balaban J connectivity index is 1.32. The summed E-state index contributed by atoms with van der Waals surface area (Å²) in [4.78, 5) is 14.2. The third-order valence-electron chi connectivity index (χ3n) is 8.83. The van der Waals surface area contributed by atoms with Crippen molar-refractivity contribution >= 4 is 49.1 Å². The van der Waals surface area contributed by atoms with Crippen molar-refractivity contribution in [3.63, 3.8) is 0 Å². The van der Waals surface area contributed by atoms with E-state index in [0.29, 0.717) is 0 Å². The van der Waals surface area contributed by atoms with Crippen molar-refractivity contribution in [2.75, 3.05) is 0 Å². The fourth-order valence-electron chi connectivity index (χ4n) is 6.45. The van der Waals surface area contributed by atoms with Crippen molar-refractivity contribution < 1.29 is 4.74 Å². The van der Waals surface area contributed by atoms with Crippen LogP contribution in [0.2, 0.25) is 0 Å². The smallest absolute Gasteiger partial charge is 0.128 e. The van der Waals surface area contributed by atoms with Crippen LogP contribution in [-0.2, 0) is 10.8 Å². The molecule has 4 heterocycles. The summed E-state index contributed by atoms with van der Waals surface area (Å²) in [5.41, 5.74) is 9.70.